The Bertz CT molecular complexity index is 589. The van der Waals surface area contributed by atoms with E-state index in [0.717, 1.165) is 37.4 Å². The van der Waals surface area contributed by atoms with Gasteiger partial charge in [-0.15, -0.1) is 0 Å². The van der Waals surface area contributed by atoms with E-state index in [4.69, 9.17) is 9.26 Å². The molecule has 4 heteroatoms. The van der Waals surface area contributed by atoms with Gasteiger partial charge < -0.3 is 9.26 Å². The molecule has 1 aromatic carbocycles. The molecule has 0 bridgehead atoms. The number of aromatic nitrogens is 1. The average Bonchev–Trinajstić information content (AvgIpc) is 3.06. The second-order valence-corrected chi connectivity index (χ2v) is 6.09. The molecule has 0 amide bonds. The normalized spacial score (nSPS) is 22.3. The van der Waals surface area contributed by atoms with Crippen LogP contribution in [0.25, 0.3) is 0 Å². The van der Waals surface area contributed by atoms with E-state index in [2.05, 4.69) is 40.4 Å². The third kappa shape index (κ3) is 3.08. The number of hydrogen-bond donors (Lipinski definition) is 0. The Morgan fingerprint density at radius 1 is 1.27 bits per heavy atom. The SMILES string of the molecule is CO[C@@H]1CCN(Cc2c(C)noc2C)[C@@H]1Cc1ccccc1. The first-order valence-electron chi connectivity index (χ1n) is 7.91. The molecule has 2 aromatic rings. The van der Waals surface area contributed by atoms with Crippen LogP contribution < -0.4 is 0 Å². The van der Waals surface area contributed by atoms with E-state index in [9.17, 15) is 0 Å². The lowest BCUT2D eigenvalue weighted by Gasteiger charge is -2.27. The number of hydrogen-bond acceptors (Lipinski definition) is 4. The fourth-order valence-electron chi connectivity index (χ4n) is 3.40. The van der Waals surface area contributed by atoms with Crippen LogP contribution in [-0.2, 0) is 17.7 Å². The molecule has 1 fully saturated rings. The maximum absolute atomic E-state index is 5.73. The molecule has 118 valence electrons. The molecule has 0 radical (unpaired) electrons. The van der Waals surface area contributed by atoms with Gasteiger partial charge in [-0.05, 0) is 32.3 Å². The highest BCUT2D eigenvalue weighted by atomic mass is 16.5. The predicted octanol–water partition coefficient (Wildman–Crippen LogP) is 3.12. The lowest BCUT2D eigenvalue weighted by molar-refractivity contribution is 0.0637. The summed E-state index contributed by atoms with van der Waals surface area (Å²) in [6, 6.07) is 11.1. The van der Waals surface area contributed by atoms with Gasteiger partial charge in [-0.3, -0.25) is 4.90 Å². The van der Waals surface area contributed by atoms with Crippen molar-refractivity contribution < 1.29 is 9.26 Å². The van der Waals surface area contributed by atoms with Gasteiger partial charge in [-0.1, -0.05) is 35.5 Å². The zero-order valence-corrected chi connectivity index (χ0v) is 13.6. The minimum atomic E-state index is 0.292. The van der Waals surface area contributed by atoms with Crippen LogP contribution in [0.1, 0.15) is 29.0 Å². The zero-order chi connectivity index (χ0) is 15.5. The van der Waals surface area contributed by atoms with Crippen molar-refractivity contribution in [3.8, 4) is 0 Å². The minimum Gasteiger partial charge on any atom is -0.380 e. The number of methoxy groups -OCH3 is 1. The van der Waals surface area contributed by atoms with E-state index in [1.54, 1.807) is 0 Å². The van der Waals surface area contributed by atoms with Crippen molar-refractivity contribution in [3.05, 3.63) is 52.9 Å². The summed E-state index contributed by atoms with van der Waals surface area (Å²) in [5, 5.41) is 4.07. The van der Waals surface area contributed by atoms with Crippen molar-refractivity contribution in [1.29, 1.82) is 0 Å². The summed E-state index contributed by atoms with van der Waals surface area (Å²) in [5.41, 5.74) is 3.58. The quantitative estimate of drug-likeness (QED) is 0.850. The van der Waals surface area contributed by atoms with Crippen LogP contribution in [0.3, 0.4) is 0 Å². The maximum Gasteiger partial charge on any atom is 0.138 e. The van der Waals surface area contributed by atoms with Crippen LogP contribution in [0.2, 0.25) is 0 Å². The van der Waals surface area contributed by atoms with Crippen molar-refractivity contribution in [2.45, 2.75) is 45.4 Å². The van der Waals surface area contributed by atoms with E-state index < -0.39 is 0 Å². The Kier molecular flexibility index (Phi) is 4.60. The Labute approximate surface area is 132 Å². The number of rotatable bonds is 5. The van der Waals surface area contributed by atoms with Crippen LogP contribution in [0.5, 0.6) is 0 Å². The predicted molar refractivity (Wildman–Crippen MR) is 85.7 cm³/mol. The third-order valence-electron chi connectivity index (χ3n) is 4.73. The van der Waals surface area contributed by atoms with Gasteiger partial charge in [0, 0.05) is 31.8 Å². The van der Waals surface area contributed by atoms with Gasteiger partial charge in [0.1, 0.15) is 5.76 Å². The molecule has 4 nitrogen and oxygen atoms in total. The Morgan fingerprint density at radius 2 is 2.05 bits per heavy atom. The molecule has 1 aliphatic heterocycles. The smallest absolute Gasteiger partial charge is 0.138 e. The van der Waals surface area contributed by atoms with Crippen molar-refractivity contribution >= 4 is 0 Å². The van der Waals surface area contributed by atoms with Gasteiger partial charge in [-0.25, -0.2) is 0 Å². The second-order valence-electron chi connectivity index (χ2n) is 6.09. The van der Waals surface area contributed by atoms with Gasteiger partial charge >= 0.3 is 0 Å². The summed E-state index contributed by atoms with van der Waals surface area (Å²) in [5.74, 6) is 0.928. The van der Waals surface area contributed by atoms with Crippen LogP contribution in [0.15, 0.2) is 34.9 Å². The highest BCUT2D eigenvalue weighted by Gasteiger charge is 2.34. The molecular formula is C18H24N2O2. The Morgan fingerprint density at radius 3 is 2.68 bits per heavy atom. The fraction of sp³-hybridized carbons (Fsp3) is 0.500. The van der Waals surface area contributed by atoms with Gasteiger partial charge in [0.05, 0.1) is 11.8 Å². The van der Waals surface area contributed by atoms with E-state index in [-0.39, 0.29) is 0 Å². The summed E-state index contributed by atoms with van der Waals surface area (Å²) >= 11 is 0. The third-order valence-corrected chi connectivity index (χ3v) is 4.73. The van der Waals surface area contributed by atoms with Crippen molar-refractivity contribution in [3.63, 3.8) is 0 Å². The largest absolute Gasteiger partial charge is 0.380 e. The molecule has 0 aliphatic carbocycles. The first-order valence-corrected chi connectivity index (χ1v) is 7.91. The molecule has 1 aliphatic rings. The molecular weight excluding hydrogens is 276 g/mol. The summed E-state index contributed by atoms with van der Waals surface area (Å²) in [6.45, 7) is 5.95. The van der Waals surface area contributed by atoms with Crippen LogP contribution in [0, 0.1) is 13.8 Å². The highest BCUT2D eigenvalue weighted by Crippen LogP contribution is 2.27. The molecule has 22 heavy (non-hydrogen) atoms. The van der Waals surface area contributed by atoms with E-state index in [1.807, 2.05) is 21.0 Å². The summed E-state index contributed by atoms with van der Waals surface area (Å²) in [4.78, 5) is 2.51. The van der Waals surface area contributed by atoms with Gasteiger partial charge in [0.15, 0.2) is 0 Å². The molecule has 3 rings (SSSR count). The number of likely N-dealkylation sites (tertiary alicyclic amines) is 1. The van der Waals surface area contributed by atoms with E-state index in [0.29, 0.717) is 12.1 Å². The van der Waals surface area contributed by atoms with Gasteiger partial charge in [0.25, 0.3) is 0 Å². The Balaban J connectivity index is 1.77. The van der Waals surface area contributed by atoms with Gasteiger partial charge in [0.2, 0.25) is 0 Å². The zero-order valence-electron chi connectivity index (χ0n) is 13.6. The molecule has 0 spiro atoms. The van der Waals surface area contributed by atoms with Crippen molar-refractivity contribution in [2.24, 2.45) is 0 Å². The van der Waals surface area contributed by atoms with Gasteiger partial charge in [-0.2, -0.15) is 0 Å². The lowest BCUT2D eigenvalue weighted by Crippen LogP contribution is -2.37. The second kappa shape index (κ2) is 6.63. The van der Waals surface area contributed by atoms with E-state index >= 15 is 0 Å². The molecule has 1 saturated heterocycles. The Hall–Kier alpha value is -1.65. The highest BCUT2D eigenvalue weighted by molar-refractivity contribution is 5.22. The number of aryl methyl sites for hydroxylation is 2. The lowest BCUT2D eigenvalue weighted by atomic mass is 10.0. The first-order chi connectivity index (χ1) is 10.7. The topological polar surface area (TPSA) is 38.5 Å². The number of nitrogens with zero attached hydrogens (tertiary/aromatic N) is 2. The molecule has 2 atom stereocenters. The van der Waals surface area contributed by atoms with E-state index in [1.165, 1.54) is 11.1 Å². The monoisotopic (exact) mass is 300 g/mol. The molecule has 0 N–H and O–H groups in total. The molecule has 0 saturated carbocycles. The average molecular weight is 300 g/mol. The fourth-order valence-corrected chi connectivity index (χ4v) is 3.40. The van der Waals surface area contributed by atoms with Crippen LogP contribution in [0.4, 0.5) is 0 Å². The summed E-state index contributed by atoms with van der Waals surface area (Å²) in [7, 11) is 1.82. The summed E-state index contributed by atoms with van der Waals surface area (Å²) in [6.07, 6.45) is 2.39. The number of benzene rings is 1. The number of ether oxygens (including phenoxy) is 1. The molecule has 1 aromatic heterocycles. The van der Waals surface area contributed by atoms with Crippen LogP contribution in [-0.4, -0.2) is 35.9 Å². The standard InChI is InChI=1S/C18H24N2O2/c1-13-16(14(2)22-19-13)12-20-10-9-18(21-3)17(20)11-15-7-5-4-6-8-15/h4-8,17-18H,9-12H2,1-3H3/t17-,18-/m1/s1. The van der Waals surface area contributed by atoms with Crippen LogP contribution >= 0.6 is 0 Å². The summed E-state index contributed by atoms with van der Waals surface area (Å²) < 4.78 is 11.0. The molecule has 0 unspecified atom stereocenters. The van der Waals surface area contributed by atoms with Crippen molar-refractivity contribution in [1.82, 2.24) is 10.1 Å². The minimum absolute atomic E-state index is 0.292. The maximum atomic E-state index is 5.73. The first kappa shape index (κ1) is 15.3. The van der Waals surface area contributed by atoms with Crippen molar-refractivity contribution in [2.75, 3.05) is 13.7 Å². The molecule has 2 heterocycles.